The van der Waals surface area contributed by atoms with Gasteiger partial charge in [0.25, 0.3) is 0 Å². The first-order valence-corrected chi connectivity index (χ1v) is 4.60. The Labute approximate surface area is 81.7 Å². The van der Waals surface area contributed by atoms with Crippen LogP contribution in [0.2, 0.25) is 0 Å². The molecule has 0 fully saturated rings. The molecular formula is C10H15BN2. The normalized spacial score (nSPS) is 21.9. The molecule has 0 aromatic rings. The van der Waals surface area contributed by atoms with Crippen LogP contribution < -0.4 is 0 Å². The molecule has 0 amide bonds. The van der Waals surface area contributed by atoms with Crippen LogP contribution in [-0.2, 0) is 0 Å². The van der Waals surface area contributed by atoms with E-state index in [0.29, 0.717) is 6.18 Å². The van der Waals surface area contributed by atoms with E-state index in [2.05, 4.69) is 31.6 Å². The van der Waals surface area contributed by atoms with Gasteiger partial charge in [0.15, 0.2) is 0 Å². The van der Waals surface area contributed by atoms with Gasteiger partial charge in [0.05, 0.1) is 1.37 Å². The van der Waals surface area contributed by atoms with Gasteiger partial charge < -0.3 is 9.62 Å². The van der Waals surface area contributed by atoms with Crippen molar-refractivity contribution in [2.75, 3.05) is 0 Å². The smallest absolute Gasteiger partial charge is 0.392 e. The van der Waals surface area contributed by atoms with Gasteiger partial charge in [-0.15, -0.1) is 0 Å². The van der Waals surface area contributed by atoms with E-state index < -0.39 is 0 Å². The highest BCUT2D eigenvalue weighted by Gasteiger charge is 2.35. The molecule has 0 saturated heterocycles. The summed E-state index contributed by atoms with van der Waals surface area (Å²) in [5, 5.41) is 0. The van der Waals surface area contributed by atoms with Crippen LogP contribution in [0, 0.1) is 0 Å². The van der Waals surface area contributed by atoms with E-state index in [9.17, 15) is 0 Å². The SMILES string of the molecule is [2H]C1=CN(C(C)(C)C)B2C=CC=CN21. The molecule has 0 spiro atoms. The number of allylic oxidation sites excluding steroid dienone is 2. The first kappa shape index (κ1) is 7.30. The Balaban J connectivity index is 2.31. The molecule has 68 valence electrons. The summed E-state index contributed by atoms with van der Waals surface area (Å²) in [6, 6.07) is 0. The third-order valence-electron chi connectivity index (χ3n) is 2.33. The van der Waals surface area contributed by atoms with Gasteiger partial charge in [0.1, 0.15) is 0 Å². The molecule has 0 unspecified atom stereocenters. The summed E-state index contributed by atoms with van der Waals surface area (Å²) in [5.41, 5.74) is 0.0568. The highest BCUT2D eigenvalue weighted by atomic mass is 15.3. The Hall–Kier alpha value is -1.12. The maximum Gasteiger partial charge on any atom is 0.407 e. The molecule has 3 heteroatoms. The van der Waals surface area contributed by atoms with Gasteiger partial charge in [0.2, 0.25) is 0 Å². The van der Waals surface area contributed by atoms with Crippen LogP contribution in [0.25, 0.3) is 0 Å². The van der Waals surface area contributed by atoms with E-state index in [0.717, 1.165) is 0 Å². The molecule has 0 aromatic carbocycles. The standard InChI is InChI=1S/C10H15BN2/c1-10(2,3)13-9-8-12-7-5-4-6-11(12)13/h4-9H,1-3H3/i8D. The van der Waals surface area contributed by atoms with Crippen LogP contribution in [0.15, 0.2) is 36.7 Å². The van der Waals surface area contributed by atoms with E-state index in [-0.39, 0.29) is 12.5 Å². The second kappa shape index (κ2) is 2.69. The second-order valence-electron chi connectivity index (χ2n) is 4.38. The second-order valence-corrected chi connectivity index (χ2v) is 4.38. The molecule has 13 heavy (non-hydrogen) atoms. The molecule has 2 nitrogen and oxygen atoms in total. The predicted molar refractivity (Wildman–Crippen MR) is 56.6 cm³/mol. The summed E-state index contributed by atoms with van der Waals surface area (Å²) in [4.78, 5) is 4.17. The maximum absolute atomic E-state index is 7.83. The lowest BCUT2D eigenvalue weighted by molar-refractivity contribution is 0.324. The average Bonchev–Trinajstić information content (AvgIpc) is 2.44. The van der Waals surface area contributed by atoms with Crippen molar-refractivity contribution < 1.29 is 1.37 Å². The average molecular weight is 175 g/mol. The van der Waals surface area contributed by atoms with E-state index in [1.54, 1.807) is 0 Å². The van der Waals surface area contributed by atoms with Gasteiger partial charge in [-0.25, -0.2) is 0 Å². The first-order chi connectivity index (χ1) is 6.50. The lowest BCUT2D eigenvalue weighted by atomic mass is 9.69. The Morgan fingerprint density at radius 3 is 2.69 bits per heavy atom. The largest absolute Gasteiger partial charge is 0.407 e. The number of rotatable bonds is 0. The summed E-state index contributed by atoms with van der Waals surface area (Å²) in [6.07, 6.45) is 8.42. The van der Waals surface area contributed by atoms with Crippen LogP contribution in [0.1, 0.15) is 22.1 Å². The third-order valence-corrected chi connectivity index (χ3v) is 2.33. The minimum Gasteiger partial charge on any atom is -0.392 e. The molecule has 0 atom stereocenters. The fourth-order valence-corrected chi connectivity index (χ4v) is 1.63. The van der Waals surface area contributed by atoms with E-state index in [1.165, 1.54) is 0 Å². The van der Waals surface area contributed by atoms with Crippen molar-refractivity contribution in [3.05, 3.63) is 36.7 Å². The number of fused-ring (bicyclic) bond motifs is 1. The number of hydrogen-bond acceptors (Lipinski definition) is 2. The molecule has 0 radical (unpaired) electrons. The lowest BCUT2D eigenvalue weighted by Gasteiger charge is -2.37. The molecule has 2 heterocycles. The number of nitrogens with zero attached hydrogens (tertiary/aromatic N) is 2. The van der Waals surface area contributed by atoms with Crippen LogP contribution in [0.4, 0.5) is 0 Å². The van der Waals surface area contributed by atoms with Crippen molar-refractivity contribution in [1.29, 1.82) is 0 Å². The molecule has 0 N–H and O–H groups in total. The fourth-order valence-electron chi connectivity index (χ4n) is 1.63. The Bertz CT molecular complexity index is 328. The molecule has 2 rings (SSSR count). The Morgan fingerprint density at radius 1 is 1.23 bits per heavy atom. The van der Waals surface area contributed by atoms with Crippen LogP contribution in [0.3, 0.4) is 0 Å². The molecule has 2 aliphatic rings. The summed E-state index contributed by atoms with van der Waals surface area (Å²) in [7, 11) is 0. The zero-order chi connectivity index (χ0) is 10.3. The van der Waals surface area contributed by atoms with Gasteiger partial charge in [-0.1, -0.05) is 12.1 Å². The van der Waals surface area contributed by atoms with Crippen molar-refractivity contribution in [1.82, 2.24) is 9.62 Å². The van der Waals surface area contributed by atoms with E-state index >= 15 is 0 Å². The molecular weight excluding hydrogens is 159 g/mol. The summed E-state index contributed by atoms with van der Waals surface area (Å²) in [5.74, 6) is 2.11. The fraction of sp³-hybridized carbons (Fsp3) is 0.400. The van der Waals surface area contributed by atoms with Crippen LogP contribution in [-0.4, -0.2) is 22.1 Å². The Kier molecular flexibility index (Phi) is 1.51. The van der Waals surface area contributed by atoms with Crippen LogP contribution >= 0.6 is 0 Å². The van der Waals surface area contributed by atoms with Crippen molar-refractivity contribution >= 4 is 6.98 Å². The van der Waals surface area contributed by atoms with Crippen molar-refractivity contribution in [2.24, 2.45) is 0 Å². The van der Waals surface area contributed by atoms with E-state index in [1.807, 2.05) is 29.4 Å². The van der Waals surface area contributed by atoms with Gasteiger partial charge in [-0.2, -0.15) is 0 Å². The third kappa shape index (κ3) is 1.39. The highest BCUT2D eigenvalue weighted by Crippen LogP contribution is 2.25. The van der Waals surface area contributed by atoms with E-state index in [4.69, 9.17) is 1.37 Å². The van der Waals surface area contributed by atoms with Gasteiger partial charge >= 0.3 is 6.98 Å². The van der Waals surface area contributed by atoms with Crippen molar-refractivity contribution in [3.8, 4) is 0 Å². The van der Waals surface area contributed by atoms with Crippen LogP contribution in [0.5, 0.6) is 0 Å². The lowest BCUT2D eigenvalue weighted by Crippen LogP contribution is -2.49. The van der Waals surface area contributed by atoms with Gasteiger partial charge in [-0.3, -0.25) is 0 Å². The van der Waals surface area contributed by atoms with Crippen molar-refractivity contribution in [3.63, 3.8) is 0 Å². The quantitative estimate of drug-likeness (QED) is 0.519. The molecule has 0 aliphatic carbocycles. The maximum atomic E-state index is 7.83. The summed E-state index contributed by atoms with van der Waals surface area (Å²) >= 11 is 0. The minimum absolute atomic E-state index is 0.0568. The van der Waals surface area contributed by atoms with Gasteiger partial charge in [-0.05, 0) is 33.0 Å². The van der Waals surface area contributed by atoms with Gasteiger partial charge in [0, 0.05) is 17.9 Å². The molecule has 2 aliphatic heterocycles. The number of hydrogen-bond donors (Lipinski definition) is 0. The first-order valence-electron chi connectivity index (χ1n) is 5.10. The predicted octanol–water partition coefficient (Wildman–Crippen LogP) is 1.98. The van der Waals surface area contributed by atoms with Crippen molar-refractivity contribution in [2.45, 2.75) is 26.3 Å². The molecule has 0 aromatic heterocycles. The molecule has 0 saturated carbocycles. The topological polar surface area (TPSA) is 6.48 Å². The summed E-state index contributed by atoms with van der Waals surface area (Å²) in [6.45, 7) is 6.66. The Morgan fingerprint density at radius 2 is 2.00 bits per heavy atom. The zero-order valence-corrected chi connectivity index (χ0v) is 8.36. The zero-order valence-electron chi connectivity index (χ0n) is 9.36. The highest BCUT2D eigenvalue weighted by molar-refractivity contribution is 6.60. The minimum atomic E-state index is 0.0568. The monoisotopic (exact) mass is 175 g/mol. The summed E-state index contributed by atoms with van der Waals surface area (Å²) < 4.78 is 7.83. The molecule has 0 bridgehead atoms.